The molecule has 1 aliphatic heterocycles. The van der Waals surface area contributed by atoms with Gasteiger partial charge in [0.1, 0.15) is 5.39 Å². The number of carbonyl (C=O) groups is 1. The van der Waals surface area contributed by atoms with Crippen molar-refractivity contribution in [3.05, 3.63) is 76.7 Å². The lowest BCUT2D eigenvalue weighted by Gasteiger charge is -2.16. The molecule has 8 heteroatoms. The van der Waals surface area contributed by atoms with E-state index < -0.39 is 0 Å². The topological polar surface area (TPSA) is 83.9 Å². The summed E-state index contributed by atoms with van der Waals surface area (Å²) in [7, 11) is 0. The highest BCUT2D eigenvalue weighted by Gasteiger charge is 2.24. The Morgan fingerprint density at radius 3 is 2.76 bits per heavy atom. The summed E-state index contributed by atoms with van der Waals surface area (Å²) in [6.45, 7) is 0.683. The van der Waals surface area contributed by atoms with Gasteiger partial charge in [-0.05, 0) is 30.2 Å². The first kappa shape index (κ1) is 17.7. The zero-order valence-electron chi connectivity index (χ0n) is 15.4. The van der Waals surface area contributed by atoms with Gasteiger partial charge in [0.25, 0.3) is 5.56 Å². The molecule has 7 nitrogen and oxygen atoms in total. The minimum Gasteiger partial charge on any atom is -0.311 e. The van der Waals surface area contributed by atoms with Gasteiger partial charge in [0.15, 0.2) is 10.8 Å². The van der Waals surface area contributed by atoms with Gasteiger partial charge < -0.3 is 9.88 Å². The molecule has 0 unspecified atom stereocenters. The van der Waals surface area contributed by atoms with Crippen LogP contribution >= 0.6 is 11.8 Å². The minimum absolute atomic E-state index is 0.000682. The van der Waals surface area contributed by atoms with Gasteiger partial charge >= 0.3 is 0 Å². The number of anilines is 1. The Morgan fingerprint density at radius 1 is 1.10 bits per heavy atom. The van der Waals surface area contributed by atoms with Crippen molar-refractivity contribution in [3.63, 3.8) is 0 Å². The lowest BCUT2D eigenvalue weighted by molar-refractivity contribution is -0.116. The van der Waals surface area contributed by atoms with E-state index in [2.05, 4.69) is 15.1 Å². The number of fused-ring (bicyclic) bond motifs is 2. The van der Waals surface area contributed by atoms with Crippen LogP contribution in [-0.2, 0) is 11.2 Å². The molecule has 1 amide bonds. The average Bonchev–Trinajstić information content (AvgIpc) is 3.37. The summed E-state index contributed by atoms with van der Waals surface area (Å²) in [4.78, 5) is 34.3. The summed E-state index contributed by atoms with van der Waals surface area (Å²) in [5.74, 6) is 0.196. The van der Waals surface area contributed by atoms with Crippen LogP contribution in [0.25, 0.3) is 16.7 Å². The summed E-state index contributed by atoms with van der Waals surface area (Å²) < 4.78 is 1.63. The molecule has 0 saturated heterocycles. The maximum atomic E-state index is 12.7. The molecule has 0 saturated carbocycles. The standard InChI is InChI=1S/C21H17N5O2S/c27-18(25-11-10-14-6-4-5-9-17(14)25)13-29-21-23-19-16(20(28)24-21)12-22-26(19)15-7-2-1-3-8-15/h1-9,12H,10-11,13H2,(H,23,24,28). The Bertz CT molecular complexity index is 1270. The second kappa shape index (κ2) is 7.21. The normalized spacial score (nSPS) is 13.0. The van der Waals surface area contributed by atoms with Gasteiger partial charge in [-0.25, -0.2) is 9.67 Å². The number of H-pyrrole nitrogens is 1. The Kier molecular flexibility index (Phi) is 4.40. The van der Waals surface area contributed by atoms with Crippen LogP contribution in [0.5, 0.6) is 0 Å². The number of amides is 1. The maximum absolute atomic E-state index is 12.7. The molecule has 2 aromatic carbocycles. The van der Waals surface area contributed by atoms with Gasteiger partial charge in [-0.3, -0.25) is 9.59 Å². The molecule has 0 aliphatic carbocycles. The van der Waals surface area contributed by atoms with Gasteiger partial charge in [-0.1, -0.05) is 48.2 Å². The number of hydrogen-bond donors (Lipinski definition) is 1. The monoisotopic (exact) mass is 403 g/mol. The van der Waals surface area contributed by atoms with E-state index in [-0.39, 0.29) is 17.2 Å². The molecule has 2 aromatic heterocycles. The zero-order valence-corrected chi connectivity index (χ0v) is 16.2. The van der Waals surface area contributed by atoms with E-state index in [9.17, 15) is 9.59 Å². The van der Waals surface area contributed by atoms with E-state index in [1.54, 1.807) is 9.58 Å². The molecule has 5 rings (SSSR count). The summed E-state index contributed by atoms with van der Waals surface area (Å²) in [5.41, 5.74) is 3.18. The molecule has 1 aliphatic rings. The number of aromatic nitrogens is 4. The Labute approximate surface area is 170 Å². The molecule has 0 radical (unpaired) electrons. The molecule has 0 atom stereocenters. The van der Waals surface area contributed by atoms with E-state index in [1.165, 1.54) is 23.5 Å². The number of benzene rings is 2. The van der Waals surface area contributed by atoms with E-state index in [0.29, 0.717) is 22.7 Å². The molecule has 3 heterocycles. The molecule has 1 N–H and O–H groups in total. The van der Waals surface area contributed by atoms with Gasteiger partial charge in [0.05, 0.1) is 17.6 Å². The van der Waals surface area contributed by atoms with Crippen molar-refractivity contribution < 1.29 is 4.79 Å². The second-order valence-electron chi connectivity index (χ2n) is 6.71. The first-order valence-corrected chi connectivity index (χ1v) is 10.2. The summed E-state index contributed by atoms with van der Waals surface area (Å²) in [6.07, 6.45) is 2.37. The molecule has 29 heavy (non-hydrogen) atoms. The molecule has 0 fully saturated rings. The van der Waals surface area contributed by atoms with Crippen molar-refractivity contribution >= 4 is 34.4 Å². The molecule has 0 spiro atoms. The van der Waals surface area contributed by atoms with Crippen molar-refractivity contribution in [2.24, 2.45) is 0 Å². The van der Waals surface area contributed by atoms with Gasteiger partial charge in [-0.15, -0.1) is 0 Å². The van der Waals surface area contributed by atoms with Crippen LogP contribution in [0, 0.1) is 0 Å². The number of thioether (sulfide) groups is 1. The van der Waals surface area contributed by atoms with Crippen LogP contribution < -0.4 is 10.5 Å². The second-order valence-corrected chi connectivity index (χ2v) is 7.68. The van der Waals surface area contributed by atoms with Crippen LogP contribution in [0.3, 0.4) is 0 Å². The number of aromatic amines is 1. The van der Waals surface area contributed by atoms with Gasteiger partial charge in [0, 0.05) is 12.2 Å². The Balaban J connectivity index is 1.40. The smallest absolute Gasteiger partial charge is 0.262 e. The van der Waals surface area contributed by atoms with E-state index in [0.717, 1.165) is 17.8 Å². The van der Waals surface area contributed by atoms with E-state index in [4.69, 9.17) is 0 Å². The first-order valence-electron chi connectivity index (χ1n) is 9.25. The molecule has 144 valence electrons. The first-order chi connectivity index (χ1) is 14.2. The predicted molar refractivity (Wildman–Crippen MR) is 113 cm³/mol. The van der Waals surface area contributed by atoms with Crippen LogP contribution in [0.15, 0.2) is 70.7 Å². The predicted octanol–water partition coefficient (Wildman–Crippen LogP) is 2.79. The molecular formula is C21H17N5O2S. The summed E-state index contributed by atoms with van der Waals surface area (Å²) in [5, 5.41) is 5.12. The highest BCUT2D eigenvalue weighted by molar-refractivity contribution is 7.99. The fourth-order valence-corrected chi connectivity index (χ4v) is 4.26. The minimum atomic E-state index is -0.265. The van der Waals surface area contributed by atoms with Crippen molar-refractivity contribution in [2.75, 3.05) is 17.2 Å². The third-order valence-corrected chi connectivity index (χ3v) is 5.80. The summed E-state index contributed by atoms with van der Waals surface area (Å²) in [6, 6.07) is 17.5. The number of carbonyl (C=O) groups excluding carboxylic acids is 1. The average molecular weight is 403 g/mol. The van der Waals surface area contributed by atoms with Gasteiger partial charge in [0.2, 0.25) is 5.91 Å². The van der Waals surface area contributed by atoms with Crippen molar-refractivity contribution in [3.8, 4) is 5.69 Å². The van der Waals surface area contributed by atoms with E-state index in [1.807, 2.05) is 54.6 Å². The number of rotatable bonds is 4. The molecule has 0 bridgehead atoms. The fourth-order valence-electron chi connectivity index (χ4n) is 3.53. The number of nitrogens with zero attached hydrogens (tertiary/aromatic N) is 4. The van der Waals surface area contributed by atoms with Crippen LogP contribution in [0.4, 0.5) is 5.69 Å². The Morgan fingerprint density at radius 2 is 1.90 bits per heavy atom. The van der Waals surface area contributed by atoms with E-state index >= 15 is 0 Å². The SMILES string of the molecule is O=C(CSc1nc2c(cnn2-c2ccccc2)c(=O)[nH]1)N1CCc2ccccc21. The molecular weight excluding hydrogens is 386 g/mol. The van der Waals surface area contributed by atoms with Crippen LogP contribution in [-0.4, -0.2) is 38.0 Å². The lowest BCUT2D eigenvalue weighted by Crippen LogP contribution is -2.30. The maximum Gasteiger partial charge on any atom is 0.262 e. The van der Waals surface area contributed by atoms with Gasteiger partial charge in [-0.2, -0.15) is 5.10 Å². The lowest BCUT2D eigenvalue weighted by atomic mass is 10.2. The van der Waals surface area contributed by atoms with Crippen molar-refractivity contribution in [1.82, 2.24) is 19.7 Å². The fraction of sp³-hybridized carbons (Fsp3) is 0.143. The molecule has 4 aromatic rings. The third kappa shape index (κ3) is 3.21. The Hall–Kier alpha value is -3.39. The quantitative estimate of drug-likeness (QED) is 0.418. The van der Waals surface area contributed by atoms with Crippen LogP contribution in [0.1, 0.15) is 5.56 Å². The summed E-state index contributed by atoms with van der Waals surface area (Å²) >= 11 is 1.23. The number of para-hydroxylation sites is 2. The van der Waals surface area contributed by atoms with Crippen molar-refractivity contribution in [1.29, 1.82) is 0 Å². The van der Waals surface area contributed by atoms with Crippen molar-refractivity contribution in [2.45, 2.75) is 11.6 Å². The largest absolute Gasteiger partial charge is 0.311 e. The highest BCUT2D eigenvalue weighted by atomic mass is 32.2. The zero-order chi connectivity index (χ0) is 19.8. The number of hydrogen-bond acceptors (Lipinski definition) is 5. The third-order valence-electron chi connectivity index (χ3n) is 4.94. The van der Waals surface area contributed by atoms with Crippen LogP contribution in [0.2, 0.25) is 0 Å². The number of nitrogens with one attached hydrogen (secondary N) is 1. The highest BCUT2D eigenvalue weighted by Crippen LogP contribution is 2.28.